The molecule has 1 saturated heterocycles. The summed E-state index contributed by atoms with van der Waals surface area (Å²) in [5.41, 5.74) is 2.70. The van der Waals surface area contributed by atoms with Crippen molar-refractivity contribution in [2.24, 2.45) is 11.3 Å². The highest BCUT2D eigenvalue weighted by molar-refractivity contribution is 5.94. The number of anilines is 1. The second kappa shape index (κ2) is 10.8. The van der Waals surface area contributed by atoms with Crippen LogP contribution in [0, 0.1) is 11.3 Å². The van der Waals surface area contributed by atoms with Crippen LogP contribution in [0.4, 0.5) is 5.82 Å². The molecule has 1 aromatic carbocycles. The van der Waals surface area contributed by atoms with Crippen LogP contribution in [-0.4, -0.2) is 54.6 Å². The van der Waals surface area contributed by atoms with E-state index >= 15 is 0 Å². The number of pyridine rings is 1. The second-order valence-electron chi connectivity index (χ2n) is 10.4. The molecule has 7 nitrogen and oxygen atoms in total. The Hall–Kier alpha value is -2.93. The number of piperidine rings is 1. The van der Waals surface area contributed by atoms with E-state index in [-0.39, 0.29) is 17.3 Å². The lowest BCUT2D eigenvalue weighted by molar-refractivity contribution is -0.127. The Kier molecular flexibility index (Phi) is 7.75. The lowest BCUT2D eigenvalue weighted by Gasteiger charge is -2.39. The average Bonchev–Trinajstić information content (AvgIpc) is 2.87. The average molecular weight is 480 g/mol. The van der Waals surface area contributed by atoms with E-state index < -0.39 is 0 Å². The third-order valence-corrected chi connectivity index (χ3v) is 7.60. The SMILES string of the molecule is COC(=O)c1ccc2c(c1)CCC(COc1ccnc(NC(=O)C3(C)CCN(C(C)C)CC3)c1)C2. The summed E-state index contributed by atoms with van der Waals surface area (Å²) in [6, 6.07) is 9.96. The van der Waals surface area contributed by atoms with Gasteiger partial charge in [-0.05, 0) is 94.3 Å². The molecular formula is C28H37N3O4. The first-order valence-electron chi connectivity index (χ1n) is 12.6. The number of rotatable bonds is 7. The fourth-order valence-electron chi connectivity index (χ4n) is 5.03. The number of nitrogens with one attached hydrogen (secondary N) is 1. The second-order valence-corrected chi connectivity index (χ2v) is 10.4. The molecule has 0 saturated carbocycles. The summed E-state index contributed by atoms with van der Waals surface area (Å²) in [6.45, 7) is 8.92. The highest BCUT2D eigenvalue weighted by Crippen LogP contribution is 2.33. The van der Waals surface area contributed by atoms with Crippen molar-refractivity contribution in [1.82, 2.24) is 9.88 Å². The summed E-state index contributed by atoms with van der Waals surface area (Å²) in [6.07, 6.45) is 6.20. The molecule has 2 heterocycles. The molecule has 1 aliphatic carbocycles. The molecule has 0 radical (unpaired) electrons. The van der Waals surface area contributed by atoms with E-state index in [0.717, 1.165) is 45.2 Å². The number of methoxy groups -OCH3 is 1. The van der Waals surface area contributed by atoms with E-state index in [4.69, 9.17) is 9.47 Å². The van der Waals surface area contributed by atoms with Crippen molar-refractivity contribution < 1.29 is 19.1 Å². The summed E-state index contributed by atoms with van der Waals surface area (Å²) in [4.78, 5) is 31.6. The normalized spacial score (nSPS) is 19.6. The predicted molar refractivity (Wildman–Crippen MR) is 136 cm³/mol. The monoisotopic (exact) mass is 479 g/mol. The highest BCUT2D eigenvalue weighted by Gasteiger charge is 2.37. The minimum absolute atomic E-state index is 0.0285. The van der Waals surface area contributed by atoms with Gasteiger partial charge in [-0.2, -0.15) is 0 Å². The molecule has 7 heteroatoms. The molecule has 0 spiro atoms. The van der Waals surface area contributed by atoms with Gasteiger partial charge in [-0.1, -0.05) is 13.0 Å². The van der Waals surface area contributed by atoms with Gasteiger partial charge in [0.25, 0.3) is 0 Å². The van der Waals surface area contributed by atoms with Crippen molar-refractivity contribution in [1.29, 1.82) is 0 Å². The van der Waals surface area contributed by atoms with Crippen LogP contribution in [0.5, 0.6) is 5.75 Å². The molecule has 1 atom stereocenters. The van der Waals surface area contributed by atoms with Crippen molar-refractivity contribution in [3.8, 4) is 5.75 Å². The Morgan fingerprint density at radius 1 is 1.17 bits per heavy atom. The van der Waals surface area contributed by atoms with Gasteiger partial charge in [-0.3, -0.25) is 4.79 Å². The molecule has 188 valence electrons. The van der Waals surface area contributed by atoms with E-state index in [0.29, 0.717) is 35.7 Å². The van der Waals surface area contributed by atoms with Gasteiger partial charge in [-0.15, -0.1) is 0 Å². The predicted octanol–water partition coefficient (Wildman–Crippen LogP) is 4.50. The first kappa shape index (κ1) is 25.2. The minimum atomic E-state index is -0.382. The van der Waals surface area contributed by atoms with E-state index in [2.05, 4.69) is 36.0 Å². The van der Waals surface area contributed by atoms with E-state index in [1.54, 1.807) is 6.20 Å². The van der Waals surface area contributed by atoms with Crippen molar-refractivity contribution in [3.63, 3.8) is 0 Å². The van der Waals surface area contributed by atoms with Crippen LogP contribution < -0.4 is 10.1 Å². The molecule has 0 bridgehead atoms. The van der Waals surface area contributed by atoms with Crippen LogP contribution in [0.15, 0.2) is 36.5 Å². The van der Waals surface area contributed by atoms with E-state index in [1.807, 2.05) is 30.3 Å². The first-order valence-corrected chi connectivity index (χ1v) is 12.6. The third kappa shape index (κ3) is 6.01. The van der Waals surface area contributed by atoms with Crippen LogP contribution in [0.1, 0.15) is 61.5 Å². The van der Waals surface area contributed by atoms with Gasteiger partial charge < -0.3 is 19.7 Å². The molecule has 1 amide bonds. The molecule has 1 fully saturated rings. The van der Waals surface area contributed by atoms with Gasteiger partial charge >= 0.3 is 5.97 Å². The van der Waals surface area contributed by atoms with Crippen LogP contribution in [-0.2, 0) is 22.4 Å². The Morgan fingerprint density at radius 2 is 1.94 bits per heavy atom. The van der Waals surface area contributed by atoms with Crippen LogP contribution in [0.3, 0.4) is 0 Å². The molecule has 2 aromatic rings. The van der Waals surface area contributed by atoms with Crippen molar-refractivity contribution in [2.45, 2.75) is 58.9 Å². The maximum atomic E-state index is 13.0. The standard InChI is InChI=1S/C28H37N3O4/c1-19(2)31-13-10-28(3,11-14-31)27(33)30-25-17-24(9-12-29-25)35-18-20-5-6-22-16-23(26(32)34-4)8-7-21(22)15-20/h7-9,12,16-17,19-20H,5-6,10-11,13-15,18H2,1-4H3,(H,29,30,33). The zero-order valence-electron chi connectivity index (χ0n) is 21.3. The number of carbonyl (C=O) groups excluding carboxylic acids is 2. The third-order valence-electron chi connectivity index (χ3n) is 7.60. The lowest BCUT2D eigenvalue weighted by Crippen LogP contribution is -2.47. The first-order chi connectivity index (χ1) is 16.8. The van der Waals surface area contributed by atoms with Gasteiger partial charge in [0.1, 0.15) is 11.6 Å². The number of aryl methyl sites for hydroxylation is 1. The summed E-state index contributed by atoms with van der Waals surface area (Å²) in [7, 11) is 1.40. The molecule has 4 rings (SSSR count). The molecular weight excluding hydrogens is 442 g/mol. The Labute approximate surface area is 208 Å². The number of aromatic nitrogens is 1. The summed E-state index contributed by atoms with van der Waals surface area (Å²) in [5.74, 6) is 1.36. The van der Waals surface area contributed by atoms with E-state index in [9.17, 15) is 9.59 Å². The van der Waals surface area contributed by atoms with E-state index in [1.165, 1.54) is 18.2 Å². The van der Waals surface area contributed by atoms with Gasteiger partial charge in [0, 0.05) is 23.7 Å². The maximum Gasteiger partial charge on any atom is 0.337 e. The summed E-state index contributed by atoms with van der Waals surface area (Å²) in [5, 5.41) is 3.02. The van der Waals surface area contributed by atoms with Crippen LogP contribution in [0.25, 0.3) is 0 Å². The van der Waals surface area contributed by atoms with Crippen LogP contribution >= 0.6 is 0 Å². The Balaban J connectivity index is 1.31. The van der Waals surface area contributed by atoms with Gasteiger partial charge in [0.15, 0.2) is 0 Å². The zero-order valence-corrected chi connectivity index (χ0v) is 21.3. The number of esters is 1. The number of nitrogens with zero attached hydrogens (tertiary/aromatic N) is 2. The van der Waals surface area contributed by atoms with Crippen molar-refractivity contribution >= 4 is 17.7 Å². The lowest BCUT2D eigenvalue weighted by atomic mass is 9.79. The Morgan fingerprint density at radius 3 is 2.66 bits per heavy atom. The summed E-state index contributed by atoms with van der Waals surface area (Å²) < 4.78 is 10.9. The summed E-state index contributed by atoms with van der Waals surface area (Å²) >= 11 is 0. The number of fused-ring (bicyclic) bond motifs is 1. The number of carbonyl (C=O) groups is 2. The van der Waals surface area contributed by atoms with Gasteiger partial charge in [0.2, 0.25) is 5.91 Å². The molecule has 1 aromatic heterocycles. The van der Waals surface area contributed by atoms with Crippen molar-refractivity contribution in [2.75, 3.05) is 32.1 Å². The maximum absolute atomic E-state index is 13.0. The smallest absolute Gasteiger partial charge is 0.337 e. The number of likely N-dealkylation sites (tertiary alicyclic amines) is 1. The molecule has 1 N–H and O–H groups in total. The topological polar surface area (TPSA) is 80.8 Å². The molecule has 2 aliphatic rings. The number of ether oxygens (including phenoxy) is 2. The molecule has 1 unspecified atom stereocenters. The number of amides is 1. The largest absolute Gasteiger partial charge is 0.493 e. The number of hydrogen-bond donors (Lipinski definition) is 1. The molecule has 1 aliphatic heterocycles. The molecule has 35 heavy (non-hydrogen) atoms. The minimum Gasteiger partial charge on any atom is -0.493 e. The van der Waals surface area contributed by atoms with Gasteiger partial charge in [-0.25, -0.2) is 9.78 Å². The number of benzene rings is 1. The Bertz CT molecular complexity index is 1060. The zero-order chi connectivity index (χ0) is 25.0. The fourth-order valence-corrected chi connectivity index (χ4v) is 5.03. The van der Waals surface area contributed by atoms with Crippen molar-refractivity contribution in [3.05, 3.63) is 53.2 Å². The van der Waals surface area contributed by atoms with Crippen LogP contribution in [0.2, 0.25) is 0 Å². The number of hydrogen-bond acceptors (Lipinski definition) is 6. The van der Waals surface area contributed by atoms with Gasteiger partial charge in [0.05, 0.1) is 19.3 Å². The fraction of sp³-hybridized carbons (Fsp3) is 0.536. The quantitative estimate of drug-likeness (QED) is 0.589. The highest BCUT2D eigenvalue weighted by atomic mass is 16.5.